The van der Waals surface area contributed by atoms with Gasteiger partial charge in [-0.2, -0.15) is 5.10 Å². The van der Waals surface area contributed by atoms with Crippen molar-refractivity contribution in [3.8, 4) is 0 Å². The minimum absolute atomic E-state index is 0.0624. The fourth-order valence-corrected chi connectivity index (χ4v) is 1.62. The van der Waals surface area contributed by atoms with Crippen LogP contribution in [0.5, 0.6) is 0 Å². The first-order valence-corrected chi connectivity index (χ1v) is 6.24. The van der Waals surface area contributed by atoms with Gasteiger partial charge >= 0.3 is 0 Å². The highest BCUT2D eigenvalue weighted by atomic mass is 16.1. The molecular weight excluding hydrogens is 216 g/mol. The molecule has 3 N–H and O–H groups in total. The first-order chi connectivity index (χ1) is 8.21. The third-order valence-corrected chi connectivity index (χ3v) is 2.75. The summed E-state index contributed by atoms with van der Waals surface area (Å²) in [5.41, 5.74) is 6.23. The van der Waals surface area contributed by atoms with E-state index in [0.29, 0.717) is 12.1 Å². The van der Waals surface area contributed by atoms with Gasteiger partial charge in [0.15, 0.2) is 0 Å². The molecule has 0 saturated carbocycles. The summed E-state index contributed by atoms with van der Waals surface area (Å²) in [6, 6.07) is 0.0624. The molecule has 0 aliphatic rings. The number of carbonyl (C=O) groups is 1. The summed E-state index contributed by atoms with van der Waals surface area (Å²) in [5.74, 6) is -0.0868. The summed E-state index contributed by atoms with van der Waals surface area (Å²) in [7, 11) is 0. The number of unbranched alkanes of at least 4 members (excludes halogenated alkanes) is 1. The Morgan fingerprint density at radius 1 is 1.59 bits per heavy atom. The van der Waals surface area contributed by atoms with E-state index >= 15 is 0 Å². The first-order valence-electron chi connectivity index (χ1n) is 6.24. The summed E-state index contributed by atoms with van der Waals surface area (Å²) >= 11 is 0. The number of nitrogens with zero attached hydrogens (tertiary/aromatic N) is 2. The Bertz CT molecular complexity index is 348. The van der Waals surface area contributed by atoms with Crippen LogP contribution in [0.25, 0.3) is 0 Å². The zero-order chi connectivity index (χ0) is 12.7. The number of hydrogen-bond acceptors (Lipinski definition) is 3. The molecule has 0 fully saturated rings. The van der Waals surface area contributed by atoms with Gasteiger partial charge in [0.1, 0.15) is 0 Å². The van der Waals surface area contributed by atoms with Crippen molar-refractivity contribution in [3.05, 3.63) is 18.0 Å². The maximum atomic E-state index is 11.9. The zero-order valence-corrected chi connectivity index (χ0v) is 10.6. The normalized spacial score (nSPS) is 12.4. The number of hydrogen-bond donors (Lipinski definition) is 2. The second kappa shape index (κ2) is 7.06. The Morgan fingerprint density at radius 3 is 2.88 bits per heavy atom. The zero-order valence-electron chi connectivity index (χ0n) is 10.6. The summed E-state index contributed by atoms with van der Waals surface area (Å²) in [6.07, 6.45) is 6.46. The van der Waals surface area contributed by atoms with Gasteiger partial charge in [0.2, 0.25) is 0 Å². The SMILES string of the molecule is CCCCC(CN)NC(=O)c1cnn(CC)c1. The molecule has 1 rings (SSSR count). The van der Waals surface area contributed by atoms with Crippen molar-refractivity contribution in [1.29, 1.82) is 0 Å². The van der Waals surface area contributed by atoms with Crippen LogP contribution in [0.4, 0.5) is 0 Å². The van der Waals surface area contributed by atoms with Gasteiger partial charge in [-0.25, -0.2) is 0 Å². The molecular formula is C12H22N4O. The van der Waals surface area contributed by atoms with Gasteiger partial charge in [0, 0.05) is 25.3 Å². The Balaban J connectivity index is 2.51. The largest absolute Gasteiger partial charge is 0.348 e. The molecule has 96 valence electrons. The number of aromatic nitrogens is 2. The van der Waals surface area contributed by atoms with Crippen LogP contribution in [0, 0.1) is 0 Å². The van der Waals surface area contributed by atoms with E-state index in [9.17, 15) is 4.79 Å². The molecule has 0 radical (unpaired) electrons. The van der Waals surface area contributed by atoms with Crippen LogP contribution in [0.15, 0.2) is 12.4 Å². The lowest BCUT2D eigenvalue weighted by Gasteiger charge is -2.15. The summed E-state index contributed by atoms with van der Waals surface area (Å²) < 4.78 is 1.73. The molecule has 5 heteroatoms. The molecule has 1 aromatic rings. The van der Waals surface area contributed by atoms with Gasteiger partial charge in [-0.05, 0) is 13.3 Å². The second-order valence-electron chi connectivity index (χ2n) is 4.13. The quantitative estimate of drug-likeness (QED) is 0.748. The van der Waals surface area contributed by atoms with Gasteiger partial charge in [-0.15, -0.1) is 0 Å². The van der Waals surface area contributed by atoms with E-state index in [2.05, 4.69) is 17.3 Å². The molecule has 0 aliphatic heterocycles. The number of rotatable bonds is 7. The van der Waals surface area contributed by atoms with Gasteiger partial charge < -0.3 is 11.1 Å². The van der Waals surface area contributed by atoms with Gasteiger partial charge in [-0.1, -0.05) is 19.8 Å². The van der Waals surface area contributed by atoms with E-state index in [1.54, 1.807) is 17.1 Å². The molecule has 0 aromatic carbocycles. The van der Waals surface area contributed by atoms with Crippen LogP contribution < -0.4 is 11.1 Å². The molecule has 0 aliphatic carbocycles. The third-order valence-electron chi connectivity index (χ3n) is 2.75. The number of carbonyl (C=O) groups excluding carboxylic acids is 1. The van der Waals surface area contributed by atoms with E-state index < -0.39 is 0 Å². The van der Waals surface area contributed by atoms with Crippen LogP contribution in [0.1, 0.15) is 43.5 Å². The molecule has 1 atom stereocenters. The fraction of sp³-hybridized carbons (Fsp3) is 0.667. The first kappa shape index (κ1) is 13.7. The Kier molecular flexibility index (Phi) is 5.69. The second-order valence-corrected chi connectivity index (χ2v) is 4.13. The van der Waals surface area contributed by atoms with E-state index in [4.69, 9.17) is 5.73 Å². The Hall–Kier alpha value is -1.36. The third kappa shape index (κ3) is 4.19. The van der Waals surface area contributed by atoms with E-state index in [-0.39, 0.29) is 11.9 Å². The van der Waals surface area contributed by atoms with Crippen molar-refractivity contribution in [2.24, 2.45) is 5.73 Å². The van der Waals surface area contributed by atoms with Gasteiger partial charge in [-0.3, -0.25) is 9.48 Å². The van der Waals surface area contributed by atoms with Crippen molar-refractivity contribution >= 4 is 5.91 Å². The number of nitrogens with two attached hydrogens (primary N) is 1. The fourth-order valence-electron chi connectivity index (χ4n) is 1.62. The topological polar surface area (TPSA) is 72.9 Å². The predicted molar refractivity (Wildman–Crippen MR) is 67.7 cm³/mol. The highest BCUT2D eigenvalue weighted by Gasteiger charge is 2.13. The average molecular weight is 238 g/mol. The lowest BCUT2D eigenvalue weighted by molar-refractivity contribution is 0.0935. The van der Waals surface area contributed by atoms with E-state index in [0.717, 1.165) is 25.8 Å². The molecule has 1 amide bonds. The average Bonchev–Trinajstić information content (AvgIpc) is 2.83. The molecule has 0 bridgehead atoms. The van der Waals surface area contributed by atoms with E-state index in [1.807, 2.05) is 6.92 Å². The summed E-state index contributed by atoms with van der Waals surface area (Å²) in [4.78, 5) is 11.9. The molecule has 1 aromatic heterocycles. The van der Waals surface area contributed by atoms with Crippen LogP contribution in [0.3, 0.4) is 0 Å². The highest BCUT2D eigenvalue weighted by molar-refractivity contribution is 5.93. The Labute approximate surface area is 102 Å². The number of amides is 1. The van der Waals surface area contributed by atoms with Crippen molar-refractivity contribution in [3.63, 3.8) is 0 Å². The van der Waals surface area contributed by atoms with Crippen molar-refractivity contribution < 1.29 is 4.79 Å². The van der Waals surface area contributed by atoms with Crippen LogP contribution in [-0.2, 0) is 6.54 Å². The smallest absolute Gasteiger partial charge is 0.254 e. The predicted octanol–water partition coefficient (Wildman–Crippen LogP) is 1.15. The lowest BCUT2D eigenvalue weighted by Crippen LogP contribution is -2.40. The number of aryl methyl sites for hydroxylation is 1. The maximum absolute atomic E-state index is 11.9. The van der Waals surface area contributed by atoms with Crippen molar-refractivity contribution in [1.82, 2.24) is 15.1 Å². The summed E-state index contributed by atoms with van der Waals surface area (Å²) in [6.45, 7) is 5.36. The van der Waals surface area contributed by atoms with Crippen LogP contribution in [-0.4, -0.2) is 28.3 Å². The molecule has 0 saturated heterocycles. The van der Waals surface area contributed by atoms with Crippen molar-refractivity contribution in [2.45, 2.75) is 45.7 Å². The molecule has 5 nitrogen and oxygen atoms in total. The van der Waals surface area contributed by atoms with Crippen molar-refractivity contribution in [2.75, 3.05) is 6.54 Å². The number of nitrogens with one attached hydrogen (secondary N) is 1. The standard InChI is InChI=1S/C12H22N4O/c1-3-5-6-11(7-13)15-12(17)10-8-14-16(4-2)9-10/h8-9,11H,3-7,13H2,1-2H3,(H,15,17). The summed E-state index contributed by atoms with van der Waals surface area (Å²) in [5, 5.41) is 7.01. The van der Waals surface area contributed by atoms with Gasteiger partial charge in [0.25, 0.3) is 5.91 Å². The van der Waals surface area contributed by atoms with Gasteiger partial charge in [0.05, 0.1) is 11.8 Å². The minimum Gasteiger partial charge on any atom is -0.348 e. The molecule has 1 heterocycles. The monoisotopic (exact) mass is 238 g/mol. The van der Waals surface area contributed by atoms with Crippen LogP contribution in [0.2, 0.25) is 0 Å². The molecule has 0 spiro atoms. The maximum Gasteiger partial charge on any atom is 0.254 e. The van der Waals surface area contributed by atoms with E-state index in [1.165, 1.54) is 0 Å². The highest BCUT2D eigenvalue weighted by Crippen LogP contribution is 2.02. The molecule has 1 unspecified atom stereocenters. The lowest BCUT2D eigenvalue weighted by atomic mass is 10.1. The Morgan fingerprint density at radius 2 is 2.35 bits per heavy atom. The minimum atomic E-state index is -0.0868. The van der Waals surface area contributed by atoms with Crippen LogP contribution >= 0.6 is 0 Å². The molecule has 17 heavy (non-hydrogen) atoms.